The summed E-state index contributed by atoms with van der Waals surface area (Å²) in [5, 5.41) is 2.94. The first-order valence-electron chi connectivity index (χ1n) is 13.5. The van der Waals surface area contributed by atoms with E-state index in [1.807, 2.05) is 52.0 Å². The third kappa shape index (κ3) is 8.10. The predicted molar refractivity (Wildman–Crippen MR) is 165 cm³/mol. The number of carbonyl (C=O) groups excluding carboxylic acids is 2. The van der Waals surface area contributed by atoms with Crippen LogP contribution in [0.4, 0.5) is 5.69 Å². The van der Waals surface area contributed by atoms with Crippen molar-refractivity contribution in [2.75, 3.05) is 18.0 Å². The van der Waals surface area contributed by atoms with Gasteiger partial charge >= 0.3 is 0 Å². The van der Waals surface area contributed by atoms with Gasteiger partial charge in [-0.05, 0) is 85.9 Å². The van der Waals surface area contributed by atoms with Crippen LogP contribution in [0.2, 0.25) is 0 Å². The third-order valence-corrected chi connectivity index (χ3v) is 9.34. The van der Waals surface area contributed by atoms with E-state index in [2.05, 4.69) is 21.2 Å². The molecule has 220 valence electrons. The number of sulfonamides is 1. The summed E-state index contributed by atoms with van der Waals surface area (Å²) in [6, 6.07) is 18.1. The topological polar surface area (TPSA) is 96.0 Å². The lowest BCUT2D eigenvalue weighted by atomic mass is 10.1. The van der Waals surface area contributed by atoms with Gasteiger partial charge < -0.3 is 15.0 Å². The van der Waals surface area contributed by atoms with Crippen LogP contribution in [0.25, 0.3) is 0 Å². The fraction of sp³-hybridized carbons (Fsp3) is 0.355. The van der Waals surface area contributed by atoms with Crippen molar-refractivity contribution in [3.63, 3.8) is 0 Å². The highest BCUT2D eigenvalue weighted by Gasteiger charge is 2.33. The number of benzene rings is 3. The van der Waals surface area contributed by atoms with Crippen molar-refractivity contribution in [2.24, 2.45) is 0 Å². The summed E-state index contributed by atoms with van der Waals surface area (Å²) < 4.78 is 34.9. The second-order valence-corrected chi connectivity index (χ2v) is 12.9. The smallest absolute Gasteiger partial charge is 0.264 e. The van der Waals surface area contributed by atoms with E-state index in [1.54, 1.807) is 37.3 Å². The molecular weight excluding hydrogens is 606 g/mol. The van der Waals surface area contributed by atoms with E-state index in [0.29, 0.717) is 15.9 Å². The number of nitrogens with one attached hydrogen (secondary N) is 1. The zero-order valence-electron chi connectivity index (χ0n) is 24.3. The molecule has 0 aromatic heterocycles. The first-order chi connectivity index (χ1) is 19.4. The van der Waals surface area contributed by atoms with E-state index in [0.717, 1.165) is 27.4 Å². The Hall–Kier alpha value is -3.37. The van der Waals surface area contributed by atoms with E-state index in [1.165, 1.54) is 24.1 Å². The van der Waals surface area contributed by atoms with Gasteiger partial charge in [-0.3, -0.25) is 13.9 Å². The highest BCUT2D eigenvalue weighted by atomic mass is 79.9. The summed E-state index contributed by atoms with van der Waals surface area (Å²) in [5.41, 5.74) is 3.18. The molecule has 2 atom stereocenters. The minimum absolute atomic E-state index is 0.00815. The van der Waals surface area contributed by atoms with Gasteiger partial charge in [0.15, 0.2) is 0 Å². The van der Waals surface area contributed by atoms with E-state index >= 15 is 0 Å². The van der Waals surface area contributed by atoms with Gasteiger partial charge in [-0.2, -0.15) is 0 Å². The molecule has 8 nitrogen and oxygen atoms in total. The fourth-order valence-corrected chi connectivity index (χ4v) is 6.25. The minimum atomic E-state index is -4.19. The monoisotopic (exact) mass is 643 g/mol. The van der Waals surface area contributed by atoms with Crippen molar-refractivity contribution < 1.29 is 22.7 Å². The molecule has 1 N–H and O–H groups in total. The van der Waals surface area contributed by atoms with Crippen LogP contribution >= 0.6 is 15.9 Å². The molecule has 3 rings (SSSR count). The summed E-state index contributed by atoms with van der Waals surface area (Å²) in [6.45, 7) is 9.04. The SMILES string of the molecule is CC[C@@H](C)NC(=O)[C@@H](C)N(Cc1ccc(C)cc1)C(=O)CN(c1ccc(C)cc1)S(=O)(=O)c1ccc(OC)c(Br)c1. The maximum Gasteiger partial charge on any atom is 0.264 e. The van der Waals surface area contributed by atoms with Gasteiger partial charge in [-0.25, -0.2) is 8.42 Å². The molecule has 41 heavy (non-hydrogen) atoms. The second kappa shape index (κ2) is 14.0. The van der Waals surface area contributed by atoms with Crippen LogP contribution in [0.15, 0.2) is 76.1 Å². The lowest BCUT2D eigenvalue weighted by Gasteiger charge is -2.32. The summed E-state index contributed by atoms with van der Waals surface area (Å²) in [6.07, 6.45) is 0.737. The number of hydrogen-bond donors (Lipinski definition) is 1. The molecule has 0 radical (unpaired) electrons. The molecule has 0 bridgehead atoms. The average Bonchev–Trinajstić information content (AvgIpc) is 2.95. The van der Waals surface area contributed by atoms with Crippen molar-refractivity contribution in [2.45, 2.75) is 64.6 Å². The summed E-state index contributed by atoms with van der Waals surface area (Å²) in [7, 11) is -2.70. The molecule has 0 fully saturated rings. The lowest BCUT2D eigenvalue weighted by molar-refractivity contribution is -0.139. The number of carbonyl (C=O) groups is 2. The summed E-state index contributed by atoms with van der Waals surface area (Å²) in [4.78, 5) is 28.6. The summed E-state index contributed by atoms with van der Waals surface area (Å²) >= 11 is 3.36. The van der Waals surface area contributed by atoms with Crippen molar-refractivity contribution in [3.05, 3.63) is 87.9 Å². The maximum atomic E-state index is 14.0. The van der Waals surface area contributed by atoms with Gasteiger partial charge in [-0.1, -0.05) is 54.4 Å². The molecule has 0 aliphatic heterocycles. The largest absolute Gasteiger partial charge is 0.496 e. The molecule has 10 heteroatoms. The zero-order chi connectivity index (χ0) is 30.3. The minimum Gasteiger partial charge on any atom is -0.496 e. The standard InChI is InChI=1S/C31H38BrN3O5S/c1-7-23(4)33-31(37)24(5)34(19-25-12-8-21(2)9-13-25)30(36)20-35(26-14-10-22(3)11-15-26)41(38,39)27-16-17-29(40-6)28(32)18-27/h8-18,23-24H,7,19-20H2,1-6H3,(H,33,37)/t23-,24-/m1/s1. The van der Waals surface area contributed by atoms with Crippen LogP contribution in [-0.4, -0.2) is 50.9 Å². The van der Waals surface area contributed by atoms with Crippen molar-refractivity contribution >= 4 is 43.5 Å². The number of anilines is 1. The normalized spacial score (nSPS) is 12.8. The van der Waals surface area contributed by atoms with Crippen LogP contribution in [0.5, 0.6) is 5.75 Å². The Morgan fingerprint density at radius 1 is 0.951 bits per heavy atom. The zero-order valence-corrected chi connectivity index (χ0v) is 26.8. The predicted octanol–water partition coefficient (Wildman–Crippen LogP) is 5.60. The van der Waals surface area contributed by atoms with Crippen LogP contribution in [0.1, 0.15) is 43.9 Å². The number of ether oxygens (including phenoxy) is 1. The Kier molecular flexibility index (Phi) is 11.0. The van der Waals surface area contributed by atoms with Gasteiger partial charge in [0.2, 0.25) is 11.8 Å². The van der Waals surface area contributed by atoms with Gasteiger partial charge in [0.1, 0.15) is 18.3 Å². The summed E-state index contributed by atoms with van der Waals surface area (Å²) in [5.74, 6) is -0.329. The molecule has 0 saturated carbocycles. The maximum absolute atomic E-state index is 14.0. The number of halogens is 1. The van der Waals surface area contributed by atoms with Crippen LogP contribution in [0.3, 0.4) is 0 Å². The van der Waals surface area contributed by atoms with E-state index < -0.39 is 28.5 Å². The molecule has 0 aliphatic rings. The Balaban J connectivity index is 2.04. The number of hydrogen-bond acceptors (Lipinski definition) is 5. The average molecular weight is 645 g/mol. The highest BCUT2D eigenvalue weighted by molar-refractivity contribution is 9.10. The van der Waals surface area contributed by atoms with Crippen LogP contribution in [0, 0.1) is 13.8 Å². The molecule has 0 spiro atoms. The molecular formula is C31H38BrN3O5S. The number of nitrogens with zero attached hydrogens (tertiary/aromatic N) is 2. The molecule has 3 aromatic rings. The number of methoxy groups -OCH3 is 1. The van der Waals surface area contributed by atoms with E-state index in [4.69, 9.17) is 4.74 Å². The Morgan fingerprint density at radius 3 is 2.07 bits per heavy atom. The van der Waals surface area contributed by atoms with Crippen molar-refractivity contribution in [1.82, 2.24) is 10.2 Å². The Bertz CT molecular complexity index is 1460. The van der Waals surface area contributed by atoms with Gasteiger partial charge in [0.25, 0.3) is 10.0 Å². The van der Waals surface area contributed by atoms with Gasteiger partial charge in [0, 0.05) is 12.6 Å². The van der Waals surface area contributed by atoms with Crippen molar-refractivity contribution in [3.8, 4) is 5.75 Å². The van der Waals surface area contributed by atoms with Gasteiger partial charge in [-0.15, -0.1) is 0 Å². The Morgan fingerprint density at radius 2 is 1.54 bits per heavy atom. The number of aryl methyl sites for hydroxylation is 2. The third-order valence-electron chi connectivity index (χ3n) is 6.95. The molecule has 2 amide bonds. The highest BCUT2D eigenvalue weighted by Crippen LogP contribution is 2.31. The van der Waals surface area contributed by atoms with E-state index in [-0.39, 0.29) is 23.4 Å². The number of rotatable bonds is 12. The van der Waals surface area contributed by atoms with Crippen LogP contribution in [-0.2, 0) is 26.2 Å². The molecule has 0 heterocycles. The first kappa shape index (κ1) is 32.1. The van der Waals surface area contributed by atoms with Gasteiger partial charge in [0.05, 0.1) is 22.2 Å². The first-order valence-corrected chi connectivity index (χ1v) is 15.7. The van der Waals surface area contributed by atoms with Crippen molar-refractivity contribution in [1.29, 1.82) is 0 Å². The lowest BCUT2D eigenvalue weighted by Crippen LogP contribution is -2.52. The quantitative estimate of drug-likeness (QED) is 0.277. The second-order valence-electron chi connectivity index (χ2n) is 10.1. The molecule has 3 aromatic carbocycles. The molecule has 0 aliphatic carbocycles. The van der Waals surface area contributed by atoms with E-state index in [9.17, 15) is 18.0 Å². The Labute approximate surface area is 251 Å². The number of amides is 2. The van der Waals surface area contributed by atoms with Crippen LogP contribution < -0.4 is 14.4 Å². The fourth-order valence-electron chi connectivity index (χ4n) is 4.11. The molecule has 0 saturated heterocycles. The molecule has 0 unspecified atom stereocenters.